The fourth-order valence-electron chi connectivity index (χ4n) is 2.65. The molecule has 1 atom stereocenters. The molecule has 0 aliphatic rings. The lowest BCUT2D eigenvalue weighted by Crippen LogP contribution is -2.35. The molecule has 2 aromatic rings. The summed E-state index contributed by atoms with van der Waals surface area (Å²) >= 11 is 0. The number of hydrogen-bond acceptors (Lipinski definition) is 4. The van der Waals surface area contributed by atoms with Gasteiger partial charge in [0.1, 0.15) is 0 Å². The number of ether oxygens (including phenoxy) is 1. The van der Waals surface area contributed by atoms with Crippen molar-refractivity contribution in [3.8, 4) is 0 Å². The minimum Gasteiger partial charge on any atom is -0.455 e. The van der Waals surface area contributed by atoms with Crippen LogP contribution >= 0.6 is 0 Å². The van der Waals surface area contributed by atoms with E-state index < -0.39 is 17.9 Å². The SMILES string of the molecule is CC(CC(=O)OCC(=O)Nc1ccc(C(C)(C)C)cc1)NC(=O)c1ccccc1. The van der Waals surface area contributed by atoms with Crippen molar-refractivity contribution in [2.75, 3.05) is 11.9 Å². The van der Waals surface area contributed by atoms with Gasteiger partial charge in [0, 0.05) is 17.3 Å². The number of hydrogen-bond donors (Lipinski definition) is 2. The first-order valence-electron chi connectivity index (χ1n) is 9.57. The van der Waals surface area contributed by atoms with Crippen LogP contribution in [0.5, 0.6) is 0 Å². The standard InChI is InChI=1S/C23H28N2O4/c1-16(24-22(28)17-8-6-5-7-9-17)14-21(27)29-15-20(26)25-19-12-10-18(11-13-19)23(2,3)4/h5-13,16H,14-15H2,1-4H3,(H,24,28)(H,25,26). The molecular formula is C23H28N2O4. The minimum atomic E-state index is -0.552. The van der Waals surface area contributed by atoms with E-state index in [1.54, 1.807) is 31.2 Å². The fourth-order valence-corrected chi connectivity index (χ4v) is 2.65. The lowest BCUT2D eigenvalue weighted by atomic mass is 9.87. The third kappa shape index (κ3) is 7.41. The highest BCUT2D eigenvalue weighted by Crippen LogP contribution is 2.23. The lowest BCUT2D eigenvalue weighted by molar-refractivity contribution is -0.147. The molecule has 0 saturated carbocycles. The molecule has 0 spiro atoms. The summed E-state index contributed by atoms with van der Waals surface area (Å²) in [6.07, 6.45) is -0.0217. The lowest BCUT2D eigenvalue weighted by Gasteiger charge is -2.19. The number of nitrogens with one attached hydrogen (secondary N) is 2. The molecule has 1 unspecified atom stereocenters. The van der Waals surface area contributed by atoms with Crippen LogP contribution in [0.15, 0.2) is 54.6 Å². The van der Waals surface area contributed by atoms with E-state index in [9.17, 15) is 14.4 Å². The first kappa shape index (κ1) is 22.1. The Balaban J connectivity index is 1.74. The molecule has 0 saturated heterocycles. The molecular weight excluding hydrogens is 368 g/mol. The van der Waals surface area contributed by atoms with Crippen molar-refractivity contribution < 1.29 is 19.1 Å². The van der Waals surface area contributed by atoms with Gasteiger partial charge in [0.05, 0.1) is 6.42 Å². The smallest absolute Gasteiger partial charge is 0.308 e. The highest BCUT2D eigenvalue weighted by atomic mass is 16.5. The number of carbonyl (C=O) groups is 3. The molecule has 2 amide bonds. The van der Waals surface area contributed by atoms with Crippen LogP contribution in [0.1, 0.15) is 50.0 Å². The topological polar surface area (TPSA) is 84.5 Å². The van der Waals surface area contributed by atoms with Gasteiger partial charge in [-0.05, 0) is 42.2 Å². The van der Waals surface area contributed by atoms with Gasteiger partial charge in [0.15, 0.2) is 6.61 Å². The van der Waals surface area contributed by atoms with Crippen LogP contribution in [-0.2, 0) is 19.7 Å². The summed E-state index contributed by atoms with van der Waals surface area (Å²) in [5.74, 6) is -1.23. The van der Waals surface area contributed by atoms with Crippen molar-refractivity contribution in [1.82, 2.24) is 5.32 Å². The maximum absolute atomic E-state index is 12.1. The summed E-state index contributed by atoms with van der Waals surface area (Å²) in [4.78, 5) is 36.0. The van der Waals surface area contributed by atoms with Gasteiger partial charge in [-0.2, -0.15) is 0 Å². The average Bonchev–Trinajstić information content (AvgIpc) is 2.66. The van der Waals surface area contributed by atoms with Gasteiger partial charge in [-0.25, -0.2) is 0 Å². The van der Waals surface area contributed by atoms with Gasteiger partial charge in [0.25, 0.3) is 11.8 Å². The van der Waals surface area contributed by atoms with E-state index in [1.165, 1.54) is 0 Å². The Morgan fingerprint density at radius 1 is 0.966 bits per heavy atom. The van der Waals surface area contributed by atoms with Gasteiger partial charge >= 0.3 is 5.97 Å². The van der Waals surface area contributed by atoms with Crippen LogP contribution in [0.25, 0.3) is 0 Å². The van der Waals surface area contributed by atoms with Gasteiger partial charge in [0.2, 0.25) is 0 Å². The second-order valence-electron chi connectivity index (χ2n) is 7.98. The van der Waals surface area contributed by atoms with E-state index in [4.69, 9.17) is 4.74 Å². The van der Waals surface area contributed by atoms with Gasteiger partial charge in [-0.15, -0.1) is 0 Å². The number of rotatable bonds is 7. The summed E-state index contributed by atoms with van der Waals surface area (Å²) in [5, 5.41) is 5.43. The molecule has 29 heavy (non-hydrogen) atoms. The number of amides is 2. The van der Waals surface area contributed by atoms with Crippen LogP contribution in [0.2, 0.25) is 0 Å². The molecule has 0 bridgehead atoms. The van der Waals surface area contributed by atoms with E-state index >= 15 is 0 Å². The second kappa shape index (κ2) is 9.87. The quantitative estimate of drug-likeness (QED) is 0.700. The van der Waals surface area contributed by atoms with Crippen molar-refractivity contribution in [2.45, 2.75) is 45.6 Å². The van der Waals surface area contributed by atoms with Gasteiger partial charge < -0.3 is 15.4 Å². The van der Waals surface area contributed by atoms with E-state index in [-0.39, 0.29) is 24.3 Å². The molecule has 0 aliphatic heterocycles. The van der Waals surface area contributed by atoms with Crippen LogP contribution in [0, 0.1) is 0 Å². The monoisotopic (exact) mass is 396 g/mol. The zero-order chi connectivity index (χ0) is 21.4. The Labute approximate surface area is 171 Å². The molecule has 2 N–H and O–H groups in total. The number of esters is 1. The van der Waals surface area contributed by atoms with Crippen LogP contribution in [0.4, 0.5) is 5.69 Å². The van der Waals surface area contributed by atoms with Crippen molar-refractivity contribution in [3.63, 3.8) is 0 Å². The van der Waals surface area contributed by atoms with E-state index in [1.807, 2.05) is 30.3 Å². The Bertz CT molecular complexity index is 839. The molecule has 6 nitrogen and oxygen atoms in total. The number of anilines is 1. The van der Waals surface area contributed by atoms with Crippen molar-refractivity contribution >= 4 is 23.5 Å². The third-order valence-corrected chi connectivity index (χ3v) is 4.29. The minimum absolute atomic E-state index is 0.0217. The molecule has 2 rings (SSSR count). The average molecular weight is 396 g/mol. The highest BCUT2D eigenvalue weighted by Gasteiger charge is 2.16. The third-order valence-electron chi connectivity index (χ3n) is 4.29. The Kier molecular flexibility index (Phi) is 7.53. The summed E-state index contributed by atoms with van der Waals surface area (Å²) < 4.78 is 5.01. The van der Waals surface area contributed by atoms with E-state index in [2.05, 4.69) is 31.4 Å². The van der Waals surface area contributed by atoms with E-state index in [0.717, 1.165) is 5.56 Å². The summed E-state index contributed by atoms with van der Waals surface area (Å²) in [7, 11) is 0. The molecule has 6 heteroatoms. The predicted octanol–water partition coefficient (Wildman–Crippen LogP) is 3.67. The van der Waals surface area contributed by atoms with Gasteiger partial charge in [-0.3, -0.25) is 14.4 Å². The summed E-state index contributed by atoms with van der Waals surface area (Å²) in [5.41, 5.74) is 2.35. The molecule has 0 radical (unpaired) electrons. The molecule has 154 valence electrons. The first-order chi connectivity index (χ1) is 13.6. The Morgan fingerprint density at radius 3 is 2.17 bits per heavy atom. The van der Waals surface area contributed by atoms with Crippen LogP contribution < -0.4 is 10.6 Å². The van der Waals surface area contributed by atoms with Crippen LogP contribution in [-0.4, -0.2) is 30.4 Å². The normalized spacial score (nSPS) is 12.0. The Hall–Kier alpha value is -3.15. The van der Waals surface area contributed by atoms with E-state index in [0.29, 0.717) is 11.3 Å². The zero-order valence-corrected chi connectivity index (χ0v) is 17.3. The maximum atomic E-state index is 12.1. The molecule has 0 heterocycles. The molecule has 2 aromatic carbocycles. The predicted molar refractivity (Wildman–Crippen MR) is 113 cm³/mol. The number of benzene rings is 2. The number of carbonyl (C=O) groups excluding carboxylic acids is 3. The Morgan fingerprint density at radius 2 is 1.59 bits per heavy atom. The fraction of sp³-hybridized carbons (Fsp3) is 0.348. The summed E-state index contributed by atoms with van der Waals surface area (Å²) in [6, 6.07) is 15.9. The first-order valence-corrected chi connectivity index (χ1v) is 9.57. The summed E-state index contributed by atoms with van der Waals surface area (Å²) in [6.45, 7) is 7.67. The van der Waals surface area contributed by atoms with Crippen molar-refractivity contribution in [2.24, 2.45) is 0 Å². The molecule has 0 fully saturated rings. The molecule has 0 aromatic heterocycles. The van der Waals surface area contributed by atoms with Crippen molar-refractivity contribution in [1.29, 1.82) is 0 Å². The molecule has 0 aliphatic carbocycles. The van der Waals surface area contributed by atoms with Crippen molar-refractivity contribution in [3.05, 3.63) is 65.7 Å². The van der Waals surface area contributed by atoms with Gasteiger partial charge in [-0.1, -0.05) is 51.1 Å². The second-order valence-corrected chi connectivity index (χ2v) is 7.98. The zero-order valence-electron chi connectivity index (χ0n) is 17.3. The maximum Gasteiger partial charge on any atom is 0.308 e. The largest absolute Gasteiger partial charge is 0.455 e. The highest BCUT2D eigenvalue weighted by molar-refractivity contribution is 5.95. The van der Waals surface area contributed by atoms with Crippen LogP contribution in [0.3, 0.4) is 0 Å².